The molecule has 0 aliphatic heterocycles. The molecule has 0 saturated carbocycles. The van der Waals surface area contributed by atoms with E-state index in [2.05, 4.69) is 10.6 Å². The third-order valence-corrected chi connectivity index (χ3v) is 3.38. The van der Waals surface area contributed by atoms with Crippen molar-refractivity contribution >= 4 is 17.5 Å². The average Bonchev–Trinajstić information content (AvgIpc) is 2.62. The van der Waals surface area contributed by atoms with Gasteiger partial charge in [0, 0.05) is 43.1 Å². The number of ether oxygens (including phenoxy) is 1. The zero-order valence-corrected chi connectivity index (χ0v) is 13.6. The number of amides is 2. The van der Waals surface area contributed by atoms with Crippen LogP contribution >= 0.6 is 0 Å². The summed E-state index contributed by atoms with van der Waals surface area (Å²) in [4.78, 5) is 24.3. The summed E-state index contributed by atoms with van der Waals surface area (Å²) in [6.07, 6.45) is 0.679. The quantitative estimate of drug-likeness (QED) is 0.756. The summed E-state index contributed by atoms with van der Waals surface area (Å²) >= 11 is 0. The van der Waals surface area contributed by atoms with Crippen LogP contribution in [0.4, 0.5) is 14.5 Å². The molecule has 0 heterocycles. The van der Waals surface area contributed by atoms with Crippen LogP contribution in [-0.4, -0.2) is 32.1 Å². The van der Waals surface area contributed by atoms with E-state index in [0.29, 0.717) is 25.1 Å². The van der Waals surface area contributed by atoms with Gasteiger partial charge in [0.2, 0.25) is 0 Å². The first-order valence-electron chi connectivity index (χ1n) is 7.65. The molecule has 7 heteroatoms. The van der Waals surface area contributed by atoms with E-state index in [-0.39, 0.29) is 17.2 Å². The van der Waals surface area contributed by atoms with Gasteiger partial charge in [-0.15, -0.1) is 0 Å². The zero-order chi connectivity index (χ0) is 18.2. The first-order valence-corrected chi connectivity index (χ1v) is 7.65. The van der Waals surface area contributed by atoms with E-state index in [4.69, 9.17) is 4.74 Å². The van der Waals surface area contributed by atoms with Gasteiger partial charge in [0.15, 0.2) is 11.6 Å². The summed E-state index contributed by atoms with van der Waals surface area (Å²) in [6, 6.07) is 9.18. The fraction of sp³-hybridized carbons (Fsp3) is 0.222. The molecule has 0 aliphatic carbocycles. The molecule has 5 nitrogen and oxygen atoms in total. The second-order valence-corrected chi connectivity index (χ2v) is 5.27. The van der Waals surface area contributed by atoms with E-state index >= 15 is 0 Å². The van der Waals surface area contributed by atoms with E-state index in [0.717, 1.165) is 12.1 Å². The predicted molar refractivity (Wildman–Crippen MR) is 89.6 cm³/mol. The maximum atomic E-state index is 13.2. The Labute approximate surface area is 144 Å². The van der Waals surface area contributed by atoms with E-state index in [1.165, 1.54) is 18.2 Å². The number of hydrogen-bond donors (Lipinski definition) is 2. The van der Waals surface area contributed by atoms with Crippen molar-refractivity contribution in [2.75, 3.05) is 25.6 Å². The average molecular weight is 348 g/mol. The Morgan fingerprint density at radius 1 is 1.00 bits per heavy atom. The third-order valence-electron chi connectivity index (χ3n) is 3.38. The lowest BCUT2D eigenvalue weighted by atomic mass is 10.1. The van der Waals surface area contributed by atoms with Gasteiger partial charge in [0.1, 0.15) is 0 Å². The normalized spacial score (nSPS) is 10.4. The highest BCUT2D eigenvalue weighted by Crippen LogP contribution is 2.15. The standard InChI is InChI=1S/C18H18F2N2O3/c1-25-9-3-8-21-17(23)12-4-2-5-13(10-12)18(24)22-14-6-7-15(19)16(20)11-14/h2,4-7,10-11H,3,8-9H2,1H3,(H,21,23)(H,22,24). The van der Waals surface area contributed by atoms with Gasteiger partial charge in [-0.2, -0.15) is 0 Å². The van der Waals surface area contributed by atoms with Gasteiger partial charge in [-0.3, -0.25) is 9.59 Å². The highest BCUT2D eigenvalue weighted by Gasteiger charge is 2.11. The first kappa shape index (κ1) is 18.5. The van der Waals surface area contributed by atoms with Gasteiger partial charge < -0.3 is 15.4 Å². The Morgan fingerprint density at radius 2 is 1.72 bits per heavy atom. The minimum atomic E-state index is -1.05. The van der Waals surface area contributed by atoms with Crippen LogP contribution in [0, 0.1) is 11.6 Å². The fourth-order valence-corrected chi connectivity index (χ4v) is 2.10. The van der Waals surface area contributed by atoms with Gasteiger partial charge >= 0.3 is 0 Å². The van der Waals surface area contributed by atoms with E-state index in [1.54, 1.807) is 19.2 Å². The molecule has 2 rings (SSSR count). The molecule has 0 unspecified atom stereocenters. The molecule has 0 aliphatic rings. The number of carbonyl (C=O) groups is 2. The van der Waals surface area contributed by atoms with Gasteiger partial charge in [-0.25, -0.2) is 8.78 Å². The number of halogens is 2. The lowest BCUT2D eigenvalue weighted by Gasteiger charge is -2.08. The Morgan fingerprint density at radius 3 is 2.40 bits per heavy atom. The lowest BCUT2D eigenvalue weighted by Crippen LogP contribution is -2.25. The topological polar surface area (TPSA) is 67.4 Å². The second kappa shape index (κ2) is 8.89. The Balaban J connectivity index is 2.03. The van der Waals surface area contributed by atoms with Crippen molar-refractivity contribution in [1.82, 2.24) is 5.32 Å². The third kappa shape index (κ3) is 5.36. The molecule has 0 bridgehead atoms. The van der Waals surface area contributed by atoms with Gasteiger partial charge in [0.25, 0.3) is 11.8 Å². The van der Waals surface area contributed by atoms with Crippen molar-refractivity contribution in [1.29, 1.82) is 0 Å². The molecule has 0 spiro atoms. The smallest absolute Gasteiger partial charge is 0.255 e. The molecule has 0 atom stereocenters. The van der Waals surface area contributed by atoms with Crippen molar-refractivity contribution in [3.8, 4) is 0 Å². The minimum Gasteiger partial charge on any atom is -0.385 e. The van der Waals surface area contributed by atoms with Crippen LogP contribution < -0.4 is 10.6 Å². The van der Waals surface area contributed by atoms with Crippen molar-refractivity contribution < 1.29 is 23.1 Å². The highest BCUT2D eigenvalue weighted by molar-refractivity contribution is 6.06. The van der Waals surface area contributed by atoms with Crippen LogP contribution in [0.3, 0.4) is 0 Å². The van der Waals surface area contributed by atoms with Crippen LogP contribution in [0.5, 0.6) is 0 Å². The maximum Gasteiger partial charge on any atom is 0.255 e. The van der Waals surface area contributed by atoms with Gasteiger partial charge in [-0.05, 0) is 36.8 Å². The summed E-state index contributed by atoms with van der Waals surface area (Å²) in [5, 5.41) is 5.18. The molecule has 0 radical (unpaired) electrons. The number of hydrogen-bond acceptors (Lipinski definition) is 3. The van der Waals surface area contributed by atoms with E-state index in [1.807, 2.05) is 0 Å². The minimum absolute atomic E-state index is 0.123. The largest absolute Gasteiger partial charge is 0.385 e. The van der Waals surface area contributed by atoms with Gasteiger partial charge in [0.05, 0.1) is 0 Å². The predicted octanol–water partition coefficient (Wildman–Crippen LogP) is 2.98. The number of benzene rings is 2. The monoisotopic (exact) mass is 348 g/mol. The Kier molecular flexibility index (Phi) is 6.59. The Hall–Kier alpha value is -2.80. The molecule has 132 valence electrons. The molecule has 2 N–H and O–H groups in total. The van der Waals surface area contributed by atoms with Crippen LogP contribution in [0.1, 0.15) is 27.1 Å². The van der Waals surface area contributed by atoms with Crippen molar-refractivity contribution in [2.45, 2.75) is 6.42 Å². The highest BCUT2D eigenvalue weighted by atomic mass is 19.2. The molecule has 0 aromatic heterocycles. The Bertz CT molecular complexity index is 766. The molecular formula is C18H18F2N2O3. The molecule has 0 fully saturated rings. The van der Waals surface area contributed by atoms with Crippen molar-refractivity contribution in [3.63, 3.8) is 0 Å². The zero-order valence-electron chi connectivity index (χ0n) is 13.6. The number of anilines is 1. The molecule has 2 aromatic carbocycles. The number of nitrogens with one attached hydrogen (secondary N) is 2. The van der Waals surface area contributed by atoms with Crippen molar-refractivity contribution in [2.24, 2.45) is 0 Å². The number of carbonyl (C=O) groups excluding carboxylic acids is 2. The van der Waals surface area contributed by atoms with E-state index in [9.17, 15) is 18.4 Å². The number of rotatable bonds is 7. The van der Waals surface area contributed by atoms with Crippen LogP contribution in [0.15, 0.2) is 42.5 Å². The molecule has 25 heavy (non-hydrogen) atoms. The van der Waals surface area contributed by atoms with E-state index < -0.39 is 17.5 Å². The summed E-state index contributed by atoms with van der Waals surface area (Å²) in [5.74, 6) is -2.88. The molecule has 2 amide bonds. The summed E-state index contributed by atoms with van der Waals surface area (Å²) < 4.78 is 31.0. The number of methoxy groups -OCH3 is 1. The SMILES string of the molecule is COCCCNC(=O)c1cccc(C(=O)Nc2ccc(F)c(F)c2)c1. The molecule has 0 saturated heterocycles. The van der Waals surface area contributed by atoms with Crippen LogP contribution in [-0.2, 0) is 4.74 Å². The lowest BCUT2D eigenvalue weighted by molar-refractivity contribution is 0.0948. The maximum absolute atomic E-state index is 13.2. The second-order valence-electron chi connectivity index (χ2n) is 5.27. The van der Waals surface area contributed by atoms with Crippen LogP contribution in [0.25, 0.3) is 0 Å². The fourth-order valence-electron chi connectivity index (χ4n) is 2.10. The van der Waals surface area contributed by atoms with Crippen molar-refractivity contribution in [3.05, 3.63) is 65.2 Å². The molecule has 2 aromatic rings. The van der Waals surface area contributed by atoms with Gasteiger partial charge in [-0.1, -0.05) is 6.07 Å². The summed E-state index contributed by atoms with van der Waals surface area (Å²) in [7, 11) is 1.58. The summed E-state index contributed by atoms with van der Waals surface area (Å²) in [5.41, 5.74) is 0.683. The summed E-state index contributed by atoms with van der Waals surface area (Å²) in [6.45, 7) is 0.995. The molecular weight excluding hydrogens is 330 g/mol. The first-order chi connectivity index (χ1) is 12.0. The van der Waals surface area contributed by atoms with Crippen LogP contribution in [0.2, 0.25) is 0 Å².